The van der Waals surface area contributed by atoms with Gasteiger partial charge in [0, 0.05) is 13.0 Å². The lowest BCUT2D eigenvalue weighted by Gasteiger charge is -2.23. The van der Waals surface area contributed by atoms with Gasteiger partial charge in [-0.3, -0.25) is 9.69 Å². The van der Waals surface area contributed by atoms with Crippen LogP contribution in [0.3, 0.4) is 0 Å². The van der Waals surface area contributed by atoms with Gasteiger partial charge in [-0.15, -0.1) is 0 Å². The molecule has 0 radical (unpaired) electrons. The summed E-state index contributed by atoms with van der Waals surface area (Å²) in [5.41, 5.74) is 0.670. The molecule has 1 unspecified atom stereocenters. The van der Waals surface area contributed by atoms with Crippen molar-refractivity contribution in [2.75, 3.05) is 30.4 Å². The van der Waals surface area contributed by atoms with E-state index >= 15 is 0 Å². The minimum absolute atomic E-state index is 0.0104. The number of thiazole rings is 1. The number of aromatic nitrogens is 1. The Hall–Kier alpha value is -2.56. The minimum atomic E-state index is -3.74. The first kappa shape index (κ1) is 23.6. The fourth-order valence-corrected chi connectivity index (χ4v) is 5.93. The molecule has 2 aromatic carbocycles. The third-order valence-electron chi connectivity index (χ3n) is 5.37. The highest BCUT2D eigenvalue weighted by Gasteiger charge is 2.28. The third kappa shape index (κ3) is 5.51. The van der Waals surface area contributed by atoms with Gasteiger partial charge in [-0.25, -0.2) is 17.8 Å². The quantitative estimate of drug-likeness (QED) is 0.416. The number of amides is 1. The summed E-state index contributed by atoms with van der Waals surface area (Å²) in [4.78, 5) is 19.4. The van der Waals surface area contributed by atoms with Crippen LogP contribution in [0.2, 0.25) is 0 Å². The summed E-state index contributed by atoms with van der Waals surface area (Å²) >= 11 is 1.36. The van der Waals surface area contributed by atoms with Crippen LogP contribution in [0, 0.1) is 5.82 Å². The summed E-state index contributed by atoms with van der Waals surface area (Å²) in [6.07, 6.45) is 1.40. The van der Waals surface area contributed by atoms with Crippen molar-refractivity contribution in [2.24, 2.45) is 0 Å². The van der Waals surface area contributed by atoms with Crippen LogP contribution < -0.4 is 9.64 Å². The van der Waals surface area contributed by atoms with E-state index in [4.69, 9.17) is 9.47 Å². The second kappa shape index (κ2) is 10.1. The molecule has 1 fully saturated rings. The van der Waals surface area contributed by atoms with Crippen LogP contribution in [0.25, 0.3) is 10.2 Å². The predicted octanol–water partition coefficient (Wildman–Crippen LogP) is 4.21. The molecular weight excluding hydrogens is 467 g/mol. The lowest BCUT2D eigenvalue weighted by atomic mass is 10.2. The van der Waals surface area contributed by atoms with E-state index in [0.717, 1.165) is 29.7 Å². The Bertz CT molecular complexity index is 1220. The minimum Gasteiger partial charge on any atom is -0.492 e. The Labute approximate surface area is 196 Å². The van der Waals surface area contributed by atoms with Crippen molar-refractivity contribution in [1.82, 2.24) is 4.98 Å². The molecule has 1 amide bonds. The van der Waals surface area contributed by atoms with E-state index in [2.05, 4.69) is 4.98 Å². The number of halogens is 1. The van der Waals surface area contributed by atoms with Gasteiger partial charge in [0.2, 0.25) is 5.91 Å². The van der Waals surface area contributed by atoms with Crippen LogP contribution in [0.5, 0.6) is 5.75 Å². The van der Waals surface area contributed by atoms with Gasteiger partial charge in [-0.1, -0.05) is 17.4 Å². The van der Waals surface area contributed by atoms with Crippen molar-refractivity contribution in [2.45, 2.75) is 37.2 Å². The first-order valence-corrected chi connectivity index (χ1v) is 13.3. The number of carbonyl (C=O) groups is 1. The van der Waals surface area contributed by atoms with Gasteiger partial charge >= 0.3 is 0 Å². The molecule has 176 valence electrons. The van der Waals surface area contributed by atoms with Crippen LogP contribution in [-0.2, 0) is 19.4 Å². The molecule has 0 N–H and O–H groups in total. The summed E-state index contributed by atoms with van der Waals surface area (Å²) in [6, 6.07) is 10.2. The molecular formula is C23H25FN2O5S2. The van der Waals surface area contributed by atoms with E-state index in [9.17, 15) is 17.6 Å². The number of hydrogen-bond acceptors (Lipinski definition) is 7. The molecule has 1 atom stereocenters. The van der Waals surface area contributed by atoms with Gasteiger partial charge in [-0.05, 0) is 56.2 Å². The van der Waals surface area contributed by atoms with E-state index in [-0.39, 0.29) is 29.1 Å². The molecule has 0 spiro atoms. The number of rotatable bonds is 9. The average molecular weight is 493 g/mol. The van der Waals surface area contributed by atoms with E-state index in [0.29, 0.717) is 36.2 Å². The smallest absolute Gasteiger partial charge is 0.229 e. The maximum Gasteiger partial charge on any atom is 0.229 e. The largest absolute Gasteiger partial charge is 0.492 e. The highest BCUT2D eigenvalue weighted by atomic mass is 32.2. The maximum atomic E-state index is 13.2. The lowest BCUT2D eigenvalue weighted by molar-refractivity contribution is -0.118. The molecule has 0 saturated carbocycles. The zero-order valence-electron chi connectivity index (χ0n) is 18.2. The normalized spacial score (nSPS) is 16.2. The molecule has 1 aromatic heterocycles. The van der Waals surface area contributed by atoms with E-state index < -0.39 is 15.7 Å². The van der Waals surface area contributed by atoms with Gasteiger partial charge in [0.1, 0.15) is 17.1 Å². The second-order valence-corrected chi connectivity index (χ2v) is 10.8. The van der Waals surface area contributed by atoms with Crippen LogP contribution in [0.15, 0.2) is 47.4 Å². The Morgan fingerprint density at radius 2 is 2.06 bits per heavy atom. The number of benzene rings is 2. The van der Waals surface area contributed by atoms with Crippen molar-refractivity contribution < 1.29 is 27.1 Å². The molecule has 0 bridgehead atoms. The van der Waals surface area contributed by atoms with E-state index in [1.54, 1.807) is 0 Å². The van der Waals surface area contributed by atoms with Gasteiger partial charge in [0.25, 0.3) is 0 Å². The summed E-state index contributed by atoms with van der Waals surface area (Å²) < 4.78 is 50.7. The SMILES string of the molecule is CCOc1cccc2sc(N(CC3CCCO3)C(=O)CCS(=O)(=O)c3ccc(F)cc3)nc12. The summed E-state index contributed by atoms with van der Waals surface area (Å²) in [5, 5.41) is 0.483. The topological polar surface area (TPSA) is 85.8 Å². The predicted molar refractivity (Wildman–Crippen MR) is 125 cm³/mol. The summed E-state index contributed by atoms with van der Waals surface area (Å²) in [7, 11) is -3.74. The molecule has 1 saturated heterocycles. The number of ether oxygens (including phenoxy) is 2. The molecule has 7 nitrogen and oxygen atoms in total. The first-order valence-electron chi connectivity index (χ1n) is 10.8. The van der Waals surface area contributed by atoms with Crippen molar-refractivity contribution in [3.8, 4) is 5.75 Å². The molecule has 0 aliphatic carbocycles. The highest BCUT2D eigenvalue weighted by Crippen LogP contribution is 2.35. The van der Waals surface area contributed by atoms with Crippen LogP contribution in [0.1, 0.15) is 26.2 Å². The molecule has 4 rings (SSSR count). The fraction of sp³-hybridized carbons (Fsp3) is 0.391. The highest BCUT2D eigenvalue weighted by molar-refractivity contribution is 7.91. The number of sulfone groups is 1. The molecule has 1 aliphatic heterocycles. The van der Waals surface area contributed by atoms with E-state index in [1.807, 2.05) is 25.1 Å². The van der Waals surface area contributed by atoms with Crippen LogP contribution >= 0.6 is 11.3 Å². The molecule has 33 heavy (non-hydrogen) atoms. The molecule has 2 heterocycles. The third-order valence-corrected chi connectivity index (χ3v) is 8.15. The second-order valence-electron chi connectivity index (χ2n) is 7.69. The lowest BCUT2D eigenvalue weighted by Crippen LogP contribution is -2.38. The Morgan fingerprint density at radius 1 is 1.27 bits per heavy atom. The number of fused-ring (bicyclic) bond motifs is 1. The zero-order valence-corrected chi connectivity index (χ0v) is 19.8. The van der Waals surface area contributed by atoms with Crippen LogP contribution in [-0.4, -0.2) is 50.9 Å². The van der Waals surface area contributed by atoms with Crippen molar-refractivity contribution in [1.29, 1.82) is 0 Å². The Kier molecular flexibility index (Phi) is 7.26. The van der Waals surface area contributed by atoms with Crippen molar-refractivity contribution in [3.63, 3.8) is 0 Å². The fourth-order valence-electron chi connectivity index (χ4n) is 3.69. The zero-order chi connectivity index (χ0) is 23.4. The molecule has 3 aromatic rings. The number of anilines is 1. The first-order chi connectivity index (χ1) is 15.9. The summed E-state index contributed by atoms with van der Waals surface area (Å²) in [5.74, 6) is -0.613. The maximum absolute atomic E-state index is 13.2. The monoisotopic (exact) mass is 492 g/mol. The number of para-hydroxylation sites is 1. The molecule has 10 heteroatoms. The Balaban J connectivity index is 1.57. The molecule has 1 aliphatic rings. The van der Waals surface area contributed by atoms with Gasteiger partial charge in [-0.2, -0.15) is 0 Å². The number of nitrogens with zero attached hydrogens (tertiary/aromatic N) is 2. The van der Waals surface area contributed by atoms with Crippen LogP contribution in [0.4, 0.5) is 9.52 Å². The van der Waals surface area contributed by atoms with Crippen molar-refractivity contribution >= 4 is 42.4 Å². The number of carbonyl (C=O) groups excluding carboxylic acids is 1. The van der Waals surface area contributed by atoms with Gasteiger partial charge in [0.05, 0.1) is 34.6 Å². The van der Waals surface area contributed by atoms with Gasteiger partial charge in [0.15, 0.2) is 15.0 Å². The Morgan fingerprint density at radius 3 is 2.76 bits per heavy atom. The standard InChI is InChI=1S/C23H25FN2O5S2/c1-2-30-19-6-3-7-20-22(19)25-23(32-20)26(15-17-5-4-13-31-17)21(27)12-14-33(28,29)18-10-8-16(24)9-11-18/h3,6-11,17H,2,4-5,12-15H2,1H3. The van der Waals surface area contributed by atoms with E-state index in [1.165, 1.54) is 28.4 Å². The van der Waals surface area contributed by atoms with Gasteiger partial charge < -0.3 is 9.47 Å². The summed E-state index contributed by atoms with van der Waals surface area (Å²) in [6.45, 7) is 3.33. The van der Waals surface area contributed by atoms with Crippen molar-refractivity contribution in [3.05, 3.63) is 48.3 Å². The average Bonchev–Trinajstić information content (AvgIpc) is 3.46. The number of hydrogen-bond donors (Lipinski definition) is 0.